The number of benzene rings is 2. The van der Waals surface area contributed by atoms with Crippen LogP contribution in [0.2, 0.25) is 5.02 Å². The normalized spacial score (nSPS) is 11.7. The molecule has 1 N–H and O–H groups in total. The molecule has 0 spiro atoms. The highest BCUT2D eigenvalue weighted by molar-refractivity contribution is 6.31. The minimum absolute atomic E-state index is 0.00106. The van der Waals surface area contributed by atoms with Crippen LogP contribution in [-0.4, -0.2) is 20.9 Å². The maximum Gasteiger partial charge on any atom is 0.417 e. The van der Waals surface area contributed by atoms with Crippen molar-refractivity contribution in [2.45, 2.75) is 12.7 Å². The first-order valence-corrected chi connectivity index (χ1v) is 7.17. The third-order valence-corrected chi connectivity index (χ3v) is 3.60. The highest BCUT2D eigenvalue weighted by atomic mass is 35.5. The van der Waals surface area contributed by atoms with Gasteiger partial charge in [0.1, 0.15) is 12.1 Å². The van der Waals surface area contributed by atoms with Crippen LogP contribution in [0.5, 0.6) is 0 Å². The van der Waals surface area contributed by atoms with Crippen LogP contribution in [0.4, 0.5) is 18.9 Å². The average Bonchev–Trinajstić information content (AvgIpc) is 2.91. The molecule has 1 aromatic heterocycles. The number of alkyl halides is 3. The zero-order valence-electron chi connectivity index (χ0n) is 12.0. The Morgan fingerprint density at radius 3 is 2.71 bits per heavy atom. The van der Waals surface area contributed by atoms with E-state index in [2.05, 4.69) is 15.6 Å². The number of nitrogens with zero attached hydrogens (tertiary/aromatic N) is 3. The van der Waals surface area contributed by atoms with E-state index in [4.69, 9.17) is 11.6 Å². The molecular formula is C15H10ClF3N4O. The van der Waals surface area contributed by atoms with Gasteiger partial charge in [-0.1, -0.05) is 28.9 Å². The zero-order chi connectivity index (χ0) is 17.3. The van der Waals surface area contributed by atoms with Crippen molar-refractivity contribution < 1.29 is 18.0 Å². The summed E-state index contributed by atoms with van der Waals surface area (Å²) in [6, 6.07) is 10.2. The van der Waals surface area contributed by atoms with Gasteiger partial charge in [0.15, 0.2) is 0 Å². The van der Waals surface area contributed by atoms with E-state index < -0.39 is 22.7 Å². The van der Waals surface area contributed by atoms with Gasteiger partial charge in [-0.3, -0.25) is 4.79 Å². The monoisotopic (exact) mass is 354 g/mol. The molecule has 0 atom stereocenters. The predicted octanol–water partition coefficient (Wildman–Crippen LogP) is 3.74. The van der Waals surface area contributed by atoms with E-state index in [0.29, 0.717) is 11.0 Å². The van der Waals surface area contributed by atoms with Crippen molar-refractivity contribution in [1.29, 1.82) is 0 Å². The van der Waals surface area contributed by atoms with E-state index in [1.54, 1.807) is 24.3 Å². The second-order valence-corrected chi connectivity index (χ2v) is 5.38. The number of anilines is 1. The molecule has 0 saturated carbocycles. The van der Waals surface area contributed by atoms with Crippen molar-refractivity contribution in [3.8, 4) is 0 Å². The van der Waals surface area contributed by atoms with E-state index >= 15 is 0 Å². The molecule has 3 rings (SSSR count). The van der Waals surface area contributed by atoms with Crippen LogP contribution in [-0.2, 0) is 17.5 Å². The number of aromatic nitrogens is 3. The fourth-order valence-corrected chi connectivity index (χ4v) is 2.42. The maximum atomic E-state index is 12.8. The number of hydrogen-bond donors (Lipinski definition) is 1. The summed E-state index contributed by atoms with van der Waals surface area (Å²) >= 11 is 5.54. The molecule has 0 aliphatic rings. The Labute approximate surface area is 139 Å². The molecule has 1 heterocycles. The molecule has 5 nitrogen and oxygen atoms in total. The molecule has 124 valence electrons. The smallest absolute Gasteiger partial charge is 0.324 e. The van der Waals surface area contributed by atoms with Gasteiger partial charge in [-0.2, -0.15) is 13.2 Å². The molecule has 0 radical (unpaired) electrons. The number of rotatable bonds is 3. The summed E-state index contributed by atoms with van der Waals surface area (Å²) in [7, 11) is 0. The lowest BCUT2D eigenvalue weighted by Crippen LogP contribution is -2.20. The van der Waals surface area contributed by atoms with E-state index in [1.807, 2.05) is 0 Å². The first-order valence-electron chi connectivity index (χ1n) is 6.79. The van der Waals surface area contributed by atoms with Crippen molar-refractivity contribution in [3.63, 3.8) is 0 Å². The third kappa shape index (κ3) is 3.33. The predicted molar refractivity (Wildman–Crippen MR) is 82.6 cm³/mol. The van der Waals surface area contributed by atoms with E-state index in [1.165, 1.54) is 10.7 Å². The van der Waals surface area contributed by atoms with E-state index in [-0.39, 0.29) is 12.2 Å². The Hall–Kier alpha value is -2.61. The molecular weight excluding hydrogens is 345 g/mol. The second-order valence-electron chi connectivity index (χ2n) is 4.98. The number of carbonyl (C=O) groups is 1. The number of para-hydroxylation sites is 1. The molecule has 3 aromatic rings. The highest BCUT2D eigenvalue weighted by Gasteiger charge is 2.33. The molecule has 1 amide bonds. The number of fused-ring (bicyclic) bond motifs is 1. The third-order valence-electron chi connectivity index (χ3n) is 3.27. The van der Waals surface area contributed by atoms with Crippen LogP contribution in [0.1, 0.15) is 5.56 Å². The second kappa shape index (κ2) is 6.12. The molecule has 9 heteroatoms. The van der Waals surface area contributed by atoms with Crippen molar-refractivity contribution in [3.05, 3.63) is 53.1 Å². The number of hydrogen-bond acceptors (Lipinski definition) is 3. The van der Waals surface area contributed by atoms with Gasteiger partial charge in [0.2, 0.25) is 5.91 Å². The highest BCUT2D eigenvalue weighted by Crippen LogP contribution is 2.36. The summed E-state index contributed by atoms with van der Waals surface area (Å²) in [6.07, 6.45) is -4.60. The van der Waals surface area contributed by atoms with Gasteiger partial charge in [0.25, 0.3) is 0 Å². The Morgan fingerprint density at radius 2 is 1.96 bits per heavy atom. The largest absolute Gasteiger partial charge is 0.417 e. The summed E-state index contributed by atoms with van der Waals surface area (Å²) in [5, 5.41) is 9.73. The fourth-order valence-electron chi connectivity index (χ4n) is 2.19. The van der Waals surface area contributed by atoms with E-state index in [0.717, 1.165) is 12.1 Å². The van der Waals surface area contributed by atoms with Crippen LogP contribution in [0, 0.1) is 0 Å². The topological polar surface area (TPSA) is 59.8 Å². The standard InChI is InChI=1S/C15H10ClF3N4O/c16-11-6-5-9(7-10(11)15(17,18)19)20-14(24)8-23-13-4-2-1-3-12(13)21-22-23/h1-7H,8H2,(H,20,24). The lowest BCUT2D eigenvalue weighted by molar-refractivity contribution is -0.137. The van der Waals surface area contributed by atoms with Crippen molar-refractivity contribution in [2.75, 3.05) is 5.32 Å². The minimum atomic E-state index is -4.60. The van der Waals surface area contributed by atoms with Crippen LogP contribution in [0.3, 0.4) is 0 Å². The van der Waals surface area contributed by atoms with Gasteiger partial charge in [-0.05, 0) is 30.3 Å². The zero-order valence-corrected chi connectivity index (χ0v) is 12.8. The van der Waals surface area contributed by atoms with Gasteiger partial charge >= 0.3 is 6.18 Å². The molecule has 0 unspecified atom stereocenters. The summed E-state index contributed by atoms with van der Waals surface area (Å²) in [6.45, 7) is -0.176. The first-order chi connectivity index (χ1) is 11.3. The molecule has 0 fully saturated rings. The van der Waals surface area contributed by atoms with Crippen LogP contribution >= 0.6 is 11.6 Å². The summed E-state index contributed by atoms with van der Waals surface area (Å²) < 4.78 is 39.8. The maximum absolute atomic E-state index is 12.8. The molecule has 0 aliphatic carbocycles. The first kappa shape index (κ1) is 16.3. The molecule has 0 saturated heterocycles. The quantitative estimate of drug-likeness (QED) is 0.779. The molecule has 0 aliphatic heterocycles. The van der Waals surface area contributed by atoms with Gasteiger partial charge in [-0.15, -0.1) is 5.10 Å². The van der Waals surface area contributed by atoms with Crippen molar-refractivity contribution >= 4 is 34.2 Å². The van der Waals surface area contributed by atoms with Gasteiger partial charge in [0.05, 0.1) is 16.1 Å². The Kier molecular flexibility index (Phi) is 4.15. The Bertz CT molecular complexity index is 907. The minimum Gasteiger partial charge on any atom is -0.324 e. The van der Waals surface area contributed by atoms with Gasteiger partial charge in [0, 0.05) is 5.69 Å². The van der Waals surface area contributed by atoms with Gasteiger partial charge < -0.3 is 5.32 Å². The number of nitrogens with one attached hydrogen (secondary N) is 1. The van der Waals surface area contributed by atoms with Crippen LogP contribution in [0.25, 0.3) is 11.0 Å². The number of halogens is 4. The van der Waals surface area contributed by atoms with Gasteiger partial charge in [-0.25, -0.2) is 4.68 Å². The van der Waals surface area contributed by atoms with Crippen molar-refractivity contribution in [1.82, 2.24) is 15.0 Å². The van der Waals surface area contributed by atoms with Crippen LogP contribution in [0.15, 0.2) is 42.5 Å². The fraction of sp³-hybridized carbons (Fsp3) is 0.133. The van der Waals surface area contributed by atoms with Crippen molar-refractivity contribution in [2.24, 2.45) is 0 Å². The Morgan fingerprint density at radius 1 is 1.21 bits per heavy atom. The summed E-state index contributed by atoms with van der Waals surface area (Å²) in [5.41, 5.74) is 0.269. The SMILES string of the molecule is O=C(Cn1nnc2ccccc21)Nc1ccc(Cl)c(C(F)(F)F)c1. The summed E-state index contributed by atoms with van der Waals surface area (Å²) in [4.78, 5) is 12.1. The average molecular weight is 355 g/mol. The number of carbonyl (C=O) groups excluding carboxylic acids is 1. The van der Waals surface area contributed by atoms with E-state index in [9.17, 15) is 18.0 Å². The molecule has 2 aromatic carbocycles. The van der Waals surface area contributed by atoms with Crippen LogP contribution < -0.4 is 5.32 Å². The summed E-state index contributed by atoms with van der Waals surface area (Å²) in [5.74, 6) is -0.527. The number of amides is 1. The molecule has 0 bridgehead atoms. The molecule has 24 heavy (non-hydrogen) atoms. The lowest BCUT2D eigenvalue weighted by Gasteiger charge is -2.11. The Balaban J connectivity index is 1.78. The lowest BCUT2D eigenvalue weighted by atomic mass is 10.2.